The zero-order valence-corrected chi connectivity index (χ0v) is 14.3. The molecule has 20 heavy (non-hydrogen) atoms. The monoisotopic (exact) mass is 280 g/mol. The van der Waals surface area contributed by atoms with E-state index in [1.54, 1.807) is 0 Å². The highest BCUT2D eigenvalue weighted by molar-refractivity contribution is 5.02. The second-order valence-corrected chi connectivity index (χ2v) is 7.73. The Balaban J connectivity index is 2.06. The predicted molar refractivity (Wildman–Crippen MR) is 88.1 cm³/mol. The van der Waals surface area contributed by atoms with E-state index >= 15 is 0 Å². The van der Waals surface area contributed by atoms with Crippen LogP contribution in [0, 0.1) is 11.8 Å². The third kappa shape index (κ3) is 3.98. The van der Waals surface area contributed by atoms with Crippen LogP contribution in [0.25, 0.3) is 0 Å². The summed E-state index contributed by atoms with van der Waals surface area (Å²) >= 11 is 0. The average Bonchev–Trinajstić information content (AvgIpc) is 3.22. The Morgan fingerprint density at radius 3 is 2.55 bits per heavy atom. The van der Waals surface area contributed by atoms with Crippen LogP contribution in [-0.4, -0.2) is 37.1 Å². The third-order valence-electron chi connectivity index (χ3n) is 5.75. The second kappa shape index (κ2) is 7.26. The van der Waals surface area contributed by atoms with Crippen LogP contribution in [0.1, 0.15) is 71.6 Å². The molecule has 0 spiro atoms. The lowest BCUT2D eigenvalue weighted by molar-refractivity contribution is 0.0332. The van der Waals surface area contributed by atoms with E-state index in [-0.39, 0.29) is 0 Å². The lowest BCUT2D eigenvalue weighted by atomic mass is 9.70. The lowest BCUT2D eigenvalue weighted by Crippen LogP contribution is -2.61. The Kier molecular flexibility index (Phi) is 5.92. The minimum Gasteiger partial charge on any atom is -0.312 e. The Hall–Kier alpha value is -0.0800. The van der Waals surface area contributed by atoms with E-state index in [9.17, 15) is 0 Å². The molecular weight excluding hydrogens is 244 g/mol. The van der Waals surface area contributed by atoms with Crippen molar-refractivity contribution in [1.82, 2.24) is 10.2 Å². The van der Waals surface area contributed by atoms with Gasteiger partial charge in [-0.25, -0.2) is 0 Å². The molecule has 0 radical (unpaired) electrons. The molecule has 0 amide bonds. The maximum absolute atomic E-state index is 3.92. The van der Waals surface area contributed by atoms with Gasteiger partial charge in [0, 0.05) is 11.6 Å². The van der Waals surface area contributed by atoms with Crippen molar-refractivity contribution in [3.05, 3.63) is 0 Å². The molecule has 2 aliphatic carbocycles. The fourth-order valence-electron chi connectivity index (χ4n) is 4.29. The zero-order valence-electron chi connectivity index (χ0n) is 14.3. The largest absolute Gasteiger partial charge is 0.312 e. The van der Waals surface area contributed by atoms with E-state index in [0.29, 0.717) is 11.6 Å². The van der Waals surface area contributed by atoms with Crippen LogP contribution in [0.4, 0.5) is 0 Å². The van der Waals surface area contributed by atoms with Gasteiger partial charge in [-0.15, -0.1) is 0 Å². The Bertz CT molecular complexity index is 285. The second-order valence-electron chi connectivity index (χ2n) is 7.73. The molecule has 2 heteroatoms. The summed E-state index contributed by atoms with van der Waals surface area (Å²) in [6.45, 7) is 5.92. The van der Waals surface area contributed by atoms with Gasteiger partial charge >= 0.3 is 0 Å². The van der Waals surface area contributed by atoms with Crippen molar-refractivity contribution in [2.24, 2.45) is 11.8 Å². The van der Waals surface area contributed by atoms with Gasteiger partial charge in [-0.2, -0.15) is 0 Å². The highest BCUT2D eigenvalue weighted by atomic mass is 15.2. The summed E-state index contributed by atoms with van der Waals surface area (Å²) in [5, 5.41) is 3.92. The van der Waals surface area contributed by atoms with Gasteiger partial charge in [0.1, 0.15) is 0 Å². The van der Waals surface area contributed by atoms with Crippen LogP contribution in [0.3, 0.4) is 0 Å². The molecule has 2 saturated carbocycles. The Labute approximate surface area is 126 Å². The van der Waals surface area contributed by atoms with Gasteiger partial charge in [-0.05, 0) is 64.6 Å². The van der Waals surface area contributed by atoms with Crippen molar-refractivity contribution in [2.75, 3.05) is 20.6 Å². The van der Waals surface area contributed by atoms with Crippen molar-refractivity contribution >= 4 is 0 Å². The first-order valence-electron chi connectivity index (χ1n) is 8.99. The van der Waals surface area contributed by atoms with E-state index in [2.05, 4.69) is 38.2 Å². The molecule has 2 fully saturated rings. The smallest absolute Gasteiger partial charge is 0.0358 e. The molecule has 1 N–H and O–H groups in total. The number of nitrogens with one attached hydrogen (secondary N) is 1. The summed E-state index contributed by atoms with van der Waals surface area (Å²) < 4.78 is 0. The van der Waals surface area contributed by atoms with Gasteiger partial charge in [0.15, 0.2) is 0 Å². The molecular formula is C18H36N2. The van der Waals surface area contributed by atoms with Gasteiger partial charge in [-0.1, -0.05) is 39.5 Å². The summed E-state index contributed by atoms with van der Waals surface area (Å²) in [7, 11) is 4.63. The Morgan fingerprint density at radius 1 is 1.25 bits per heavy atom. The molecule has 2 nitrogen and oxygen atoms in total. The molecule has 3 unspecified atom stereocenters. The van der Waals surface area contributed by atoms with Crippen LogP contribution < -0.4 is 5.32 Å². The number of likely N-dealkylation sites (N-methyl/N-ethyl adjacent to an activating group) is 1. The van der Waals surface area contributed by atoms with Crippen molar-refractivity contribution in [2.45, 2.75) is 83.2 Å². The molecule has 2 rings (SSSR count). The standard InChI is InChI=1S/C18H36N2/c1-5-13-19-17(11-10-16-8-9-16)18(20(3)4)12-6-7-15(2)14-18/h15-17,19H,5-14H2,1-4H3. The summed E-state index contributed by atoms with van der Waals surface area (Å²) in [4.78, 5) is 2.56. The highest BCUT2D eigenvalue weighted by Crippen LogP contribution is 2.41. The maximum atomic E-state index is 3.92. The summed E-state index contributed by atoms with van der Waals surface area (Å²) in [5.74, 6) is 1.94. The maximum Gasteiger partial charge on any atom is 0.0358 e. The van der Waals surface area contributed by atoms with E-state index in [1.807, 2.05) is 0 Å². The molecule has 2 aliphatic rings. The van der Waals surface area contributed by atoms with Crippen molar-refractivity contribution in [1.29, 1.82) is 0 Å². The Morgan fingerprint density at radius 2 is 2.00 bits per heavy atom. The molecule has 0 aliphatic heterocycles. The summed E-state index contributed by atoms with van der Waals surface area (Å²) in [6, 6.07) is 0.695. The zero-order chi connectivity index (χ0) is 14.6. The molecule has 0 saturated heterocycles. The topological polar surface area (TPSA) is 15.3 Å². The van der Waals surface area contributed by atoms with Crippen LogP contribution in [0.2, 0.25) is 0 Å². The quantitative estimate of drug-likeness (QED) is 0.721. The third-order valence-corrected chi connectivity index (χ3v) is 5.75. The average molecular weight is 280 g/mol. The minimum absolute atomic E-state index is 0.404. The molecule has 118 valence electrons. The van der Waals surface area contributed by atoms with Crippen LogP contribution in [0.5, 0.6) is 0 Å². The molecule has 0 aromatic rings. The molecule has 0 bridgehead atoms. The SMILES string of the molecule is CCCNC(CCC1CC1)C1(N(C)C)CCCC(C)C1. The van der Waals surface area contributed by atoms with E-state index in [0.717, 1.165) is 11.8 Å². The molecule has 0 aromatic heterocycles. The first-order valence-corrected chi connectivity index (χ1v) is 8.99. The fourth-order valence-corrected chi connectivity index (χ4v) is 4.29. The van der Waals surface area contributed by atoms with Crippen molar-refractivity contribution < 1.29 is 0 Å². The number of nitrogens with zero attached hydrogens (tertiary/aromatic N) is 1. The van der Waals surface area contributed by atoms with Gasteiger partial charge in [0.25, 0.3) is 0 Å². The van der Waals surface area contributed by atoms with Gasteiger partial charge in [0.2, 0.25) is 0 Å². The van der Waals surface area contributed by atoms with Crippen molar-refractivity contribution in [3.63, 3.8) is 0 Å². The minimum atomic E-state index is 0.404. The van der Waals surface area contributed by atoms with E-state index < -0.39 is 0 Å². The van der Waals surface area contributed by atoms with Gasteiger partial charge in [-0.3, -0.25) is 0 Å². The predicted octanol–water partition coefficient (Wildman–Crippen LogP) is 4.06. The van der Waals surface area contributed by atoms with Gasteiger partial charge in [0.05, 0.1) is 0 Å². The van der Waals surface area contributed by atoms with Crippen LogP contribution in [-0.2, 0) is 0 Å². The lowest BCUT2D eigenvalue weighted by Gasteiger charge is -2.50. The van der Waals surface area contributed by atoms with E-state index in [1.165, 1.54) is 64.3 Å². The summed E-state index contributed by atoms with van der Waals surface area (Å²) in [5.41, 5.74) is 0.404. The number of hydrogen-bond acceptors (Lipinski definition) is 2. The number of rotatable bonds is 8. The number of hydrogen-bond donors (Lipinski definition) is 1. The van der Waals surface area contributed by atoms with Crippen LogP contribution in [0.15, 0.2) is 0 Å². The van der Waals surface area contributed by atoms with E-state index in [4.69, 9.17) is 0 Å². The first kappa shape index (κ1) is 16.3. The normalized spacial score (nSPS) is 32.5. The fraction of sp³-hybridized carbons (Fsp3) is 1.00. The highest BCUT2D eigenvalue weighted by Gasteiger charge is 2.43. The van der Waals surface area contributed by atoms with Crippen molar-refractivity contribution in [3.8, 4) is 0 Å². The van der Waals surface area contributed by atoms with Gasteiger partial charge < -0.3 is 10.2 Å². The van der Waals surface area contributed by atoms with Crippen LogP contribution >= 0.6 is 0 Å². The molecule has 3 atom stereocenters. The molecule has 0 aromatic carbocycles. The summed E-state index contributed by atoms with van der Waals surface area (Å²) in [6.07, 6.45) is 12.7. The molecule has 0 heterocycles. The first-order chi connectivity index (χ1) is 9.58.